The van der Waals surface area contributed by atoms with Crippen LogP contribution in [-0.4, -0.2) is 24.1 Å². The highest BCUT2D eigenvalue weighted by Gasteiger charge is 2.24. The number of amidine groups is 1. The number of nitrogens with two attached hydrogens (primary N) is 1. The molecule has 4 nitrogen and oxygen atoms in total. The molecule has 0 saturated heterocycles. The first-order valence-corrected chi connectivity index (χ1v) is 6.78. The lowest BCUT2D eigenvalue weighted by molar-refractivity contribution is 0.317. The molecular weight excluding hydrogens is 264 g/mol. The Kier molecular flexibility index (Phi) is 4.42. The topological polar surface area (TPSA) is 61.8 Å². The van der Waals surface area contributed by atoms with Crippen LogP contribution in [0.25, 0.3) is 0 Å². The van der Waals surface area contributed by atoms with Gasteiger partial charge in [-0.2, -0.15) is 0 Å². The highest BCUT2D eigenvalue weighted by Crippen LogP contribution is 2.31. The van der Waals surface area contributed by atoms with Crippen LogP contribution >= 0.6 is 0 Å². The van der Waals surface area contributed by atoms with Crippen LogP contribution in [0.5, 0.6) is 0 Å². The zero-order valence-electron chi connectivity index (χ0n) is 11.4. The highest BCUT2D eigenvalue weighted by atomic mass is 19.1. The van der Waals surface area contributed by atoms with Gasteiger partial charge >= 0.3 is 0 Å². The zero-order chi connectivity index (χ0) is 14.7. The van der Waals surface area contributed by atoms with Gasteiger partial charge in [0.05, 0.1) is 0 Å². The van der Waals surface area contributed by atoms with E-state index in [1.165, 1.54) is 6.42 Å². The van der Waals surface area contributed by atoms with Gasteiger partial charge in [0.2, 0.25) is 0 Å². The largest absolute Gasteiger partial charge is 0.409 e. The number of hydrogen-bond acceptors (Lipinski definition) is 3. The Morgan fingerprint density at radius 2 is 2.00 bits per heavy atom. The SMILES string of the molecule is CCN(CC1CCC1)c1c(F)cc(C(N)=NO)cc1F. The lowest BCUT2D eigenvalue weighted by atomic mass is 9.85. The number of rotatable bonds is 5. The molecule has 3 N–H and O–H groups in total. The van der Waals surface area contributed by atoms with Crippen molar-refractivity contribution in [3.8, 4) is 0 Å². The van der Waals surface area contributed by atoms with Crippen molar-refractivity contribution in [3.63, 3.8) is 0 Å². The van der Waals surface area contributed by atoms with Gasteiger partial charge in [0, 0.05) is 18.7 Å². The first-order valence-electron chi connectivity index (χ1n) is 6.78. The lowest BCUT2D eigenvalue weighted by Gasteiger charge is -2.33. The van der Waals surface area contributed by atoms with Crippen molar-refractivity contribution in [2.75, 3.05) is 18.0 Å². The number of hydrogen-bond donors (Lipinski definition) is 2. The van der Waals surface area contributed by atoms with Crippen molar-refractivity contribution >= 4 is 11.5 Å². The number of nitrogens with zero attached hydrogens (tertiary/aromatic N) is 2. The average molecular weight is 283 g/mol. The Morgan fingerprint density at radius 1 is 1.40 bits per heavy atom. The fourth-order valence-electron chi connectivity index (χ4n) is 2.44. The molecule has 20 heavy (non-hydrogen) atoms. The van der Waals surface area contributed by atoms with E-state index in [1.54, 1.807) is 4.90 Å². The Labute approximate surface area is 116 Å². The predicted octanol–water partition coefficient (Wildman–Crippen LogP) is 2.69. The fourth-order valence-corrected chi connectivity index (χ4v) is 2.44. The normalized spacial score (nSPS) is 16.1. The monoisotopic (exact) mass is 283 g/mol. The molecule has 1 fully saturated rings. The minimum absolute atomic E-state index is 0.0333. The van der Waals surface area contributed by atoms with E-state index in [0.717, 1.165) is 25.0 Å². The zero-order valence-corrected chi connectivity index (χ0v) is 11.4. The van der Waals surface area contributed by atoms with Crippen LogP contribution in [0.1, 0.15) is 31.7 Å². The van der Waals surface area contributed by atoms with E-state index in [0.29, 0.717) is 19.0 Å². The number of anilines is 1. The second-order valence-electron chi connectivity index (χ2n) is 5.11. The first kappa shape index (κ1) is 14.6. The summed E-state index contributed by atoms with van der Waals surface area (Å²) in [5.41, 5.74) is 5.36. The van der Waals surface area contributed by atoms with Crippen molar-refractivity contribution in [1.82, 2.24) is 0 Å². The smallest absolute Gasteiger partial charge is 0.170 e. The Morgan fingerprint density at radius 3 is 2.40 bits per heavy atom. The van der Waals surface area contributed by atoms with Crippen molar-refractivity contribution in [2.45, 2.75) is 26.2 Å². The minimum Gasteiger partial charge on any atom is -0.409 e. The van der Waals surface area contributed by atoms with Gasteiger partial charge in [0.15, 0.2) is 5.84 Å². The molecule has 0 unspecified atom stereocenters. The summed E-state index contributed by atoms with van der Waals surface area (Å²) in [6, 6.07) is 2.19. The summed E-state index contributed by atoms with van der Waals surface area (Å²) in [6.07, 6.45) is 3.42. The summed E-state index contributed by atoms with van der Waals surface area (Å²) in [5, 5.41) is 11.3. The van der Waals surface area contributed by atoms with Gasteiger partial charge < -0.3 is 15.8 Å². The molecule has 0 aliphatic heterocycles. The van der Waals surface area contributed by atoms with Gasteiger partial charge in [-0.25, -0.2) is 8.78 Å². The third-order valence-corrected chi connectivity index (χ3v) is 3.82. The van der Waals surface area contributed by atoms with Crippen LogP contribution in [0.4, 0.5) is 14.5 Å². The summed E-state index contributed by atoms with van der Waals surface area (Å²) >= 11 is 0. The number of halogens is 2. The van der Waals surface area contributed by atoms with Gasteiger partial charge in [-0.05, 0) is 37.8 Å². The van der Waals surface area contributed by atoms with Gasteiger partial charge in [-0.1, -0.05) is 11.6 Å². The fraction of sp³-hybridized carbons (Fsp3) is 0.500. The van der Waals surface area contributed by atoms with Crippen molar-refractivity contribution in [2.24, 2.45) is 16.8 Å². The summed E-state index contributed by atoms with van der Waals surface area (Å²) in [7, 11) is 0. The van der Waals surface area contributed by atoms with E-state index < -0.39 is 11.6 Å². The average Bonchev–Trinajstić information content (AvgIpc) is 2.38. The Bertz CT molecular complexity index is 492. The summed E-state index contributed by atoms with van der Waals surface area (Å²) in [5.74, 6) is -1.17. The Balaban J connectivity index is 2.29. The van der Waals surface area contributed by atoms with Crippen LogP contribution in [0, 0.1) is 17.6 Å². The van der Waals surface area contributed by atoms with Crippen LogP contribution in [-0.2, 0) is 0 Å². The minimum atomic E-state index is -0.687. The molecule has 0 aromatic heterocycles. The van der Waals surface area contributed by atoms with E-state index in [9.17, 15) is 8.78 Å². The van der Waals surface area contributed by atoms with Crippen LogP contribution in [0.15, 0.2) is 17.3 Å². The number of oxime groups is 1. The van der Waals surface area contributed by atoms with Crippen molar-refractivity contribution in [3.05, 3.63) is 29.3 Å². The molecular formula is C14H19F2N3O. The molecule has 0 amide bonds. The van der Waals surface area contributed by atoms with E-state index in [1.807, 2.05) is 6.92 Å². The third kappa shape index (κ3) is 2.84. The summed E-state index contributed by atoms with van der Waals surface area (Å²) in [4.78, 5) is 1.71. The second kappa shape index (κ2) is 6.07. The van der Waals surface area contributed by atoms with Crippen LogP contribution in [0.3, 0.4) is 0 Å². The van der Waals surface area contributed by atoms with Gasteiger partial charge in [-0.3, -0.25) is 0 Å². The van der Waals surface area contributed by atoms with Crippen molar-refractivity contribution in [1.29, 1.82) is 0 Å². The molecule has 1 aliphatic rings. The molecule has 1 saturated carbocycles. The van der Waals surface area contributed by atoms with Gasteiger partial charge in [-0.15, -0.1) is 0 Å². The predicted molar refractivity (Wildman–Crippen MR) is 74.1 cm³/mol. The van der Waals surface area contributed by atoms with Gasteiger partial charge in [0.1, 0.15) is 17.3 Å². The molecule has 0 heterocycles. The molecule has 110 valence electrons. The van der Waals surface area contributed by atoms with Crippen LogP contribution < -0.4 is 10.6 Å². The molecule has 0 atom stereocenters. The van der Waals surface area contributed by atoms with E-state index in [2.05, 4.69) is 5.16 Å². The van der Waals surface area contributed by atoms with E-state index in [4.69, 9.17) is 10.9 Å². The molecule has 0 radical (unpaired) electrons. The van der Waals surface area contributed by atoms with Gasteiger partial charge in [0.25, 0.3) is 0 Å². The number of benzene rings is 1. The van der Waals surface area contributed by atoms with Crippen LogP contribution in [0.2, 0.25) is 0 Å². The maximum absolute atomic E-state index is 14.1. The standard InChI is InChI=1S/C14H19F2N3O/c1-2-19(8-9-4-3-5-9)13-11(15)6-10(7-12(13)16)14(17)18-20/h6-7,9,20H,2-5,8H2,1H3,(H2,17,18). The maximum Gasteiger partial charge on any atom is 0.170 e. The molecule has 1 aromatic carbocycles. The quantitative estimate of drug-likeness (QED) is 0.378. The van der Waals surface area contributed by atoms with E-state index in [-0.39, 0.29) is 17.1 Å². The summed E-state index contributed by atoms with van der Waals surface area (Å²) in [6.45, 7) is 3.06. The highest BCUT2D eigenvalue weighted by molar-refractivity contribution is 5.97. The lowest BCUT2D eigenvalue weighted by Crippen LogP contribution is -2.33. The third-order valence-electron chi connectivity index (χ3n) is 3.82. The first-order chi connectivity index (χ1) is 9.56. The summed E-state index contributed by atoms with van der Waals surface area (Å²) < 4.78 is 28.3. The second-order valence-corrected chi connectivity index (χ2v) is 5.11. The molecule has 0 spiro atoms. The maximum atomic E-state index is 14.1. The van der Waals surface area contributed by atoms with Crippen molar-refractivity contribution < 1.29 is 14.0 Å². The Hall–Kier alpha value is -1.85. The van der Waals surface area contributed by atoms with E-state index >= 15 is 0 Å². The molecule has 2 rings (SSSR count). The molecule has 6 heteroatoms. The molecule has 0 bridgehead atoms. The molecule has 1 aromatic rings. The molecule has 1 aliphatic carbocycles.